The molecule has 0 aliphatic heterocycles. The van der Waals surface area contributed by atoms with Gasteiger partial charge in [0, 0.05) is 6.04 Å². The molecule has 0 amide bonds. The third kappa shape index (κ3) is 2.03. The van der Waals surface area contributed by atoms with Gasteiger partial charge in [0.05, 0.1) is 0 Å². The molecule has 0 radical (unpaired) electrons. The first-order valence-electron chi connectivity index (χ1n) is 7.53. The molecular weight excluding hydrogens is 194 g/mol. The lowest BCUT2D eigenvalue weighted by atomic mass is 9.74. The molecule has 3 rings (SSSR count). The minimum atomic E-state index is 0.547. The van der Waals surface area contributed by atoms with Crippen LogP contribution in [0.2, 0.25) is 0 Å². The van der Waals surface area contributed by atoms with E-state index in [1.807, 2.05) is 0 Å². The van der Waals surface area contributed by atoms with Crippen molar-refractivity contribution in [1.29, 1.82) is 0 Å². The molecule has 1 heteroatoms. The third-order valence-electron chi connectivity index (χ3n) is 5.84. The summed E-state index contributed by atoms with van der Waals surface area (Å²) < 4.78 is 0. The average Bonchev–Trinajstić information content (AvgIpc) is 2.95. The Hall–Kier alpha value is -0.0400. The van der Waals surface area contributed by atoms with Gasteiger partial charge < -0.3 is 5.73 Å². The van der Waals surface area contributed by atoms with Crippen molar-refractivity contribution in [1.82, 2.24) is 0 Å². The first kappa shape index (κ1) is 11.1. The van der Waals surface area contributed by atoms with Crippen LogP contribution in [-0.4, -0.2) is 6.04 Å². The van der Waals surface area contributed by atoms with Gasteiger partial charge in [0.25, 0.3) is 0 Å². The summed E-state index contributed by atoms with van der Waals surface area (Å²) in [5.74, 6) is 4.98. The molecule has 3 aliphatic rings. The normalized spacial score (nSPS) is 48.8. The van der Waals surface area contributed by atoms with E-state index in [2.05, 4.69) is 6.92 Å². The topological polar surface area (TPSA) is 26.0 Å². The standard InChI is InChI=1S/C15H27N/c1-2-10-3-5-11(6-4-10)15(16)14-8-12-7-13(12)9-14/h10-15H,2-9,16H2,1H3. The third-order valence-corrected chi connectivity index (χ3v) is 5.84. The zero-order chi connectivity index (χ0) is 11.1. The van der Waals surface area contributed by atoms with Crippen molar-refractivity contribution < 1.29 is 0 Å². The van der Waals surface area contributed by atoms with E-state index in [0.717, 1.165) is 29.6 Å². The first-order chi connectivity index (χ1) is 7.78. The number of hydrogen-bond acceptors (Lipinski definition) is 1. The van der Waals surface area contributed by atoms with E-state index in [1.54, 1.807) is 0 Å². The van der Waals surface area contributed by atoms with E-state index in [1.165, 1.54) is 51.4 Å². The monoisotopic (exact) mass is 221 g/mol. The average molecular weight is 221 g/mol. The van der Waals surface area contributed by atoms with Gasteiger partial charge in [0.2, 0.25) is 0 Å². The van der Waals surface area contributed by atoms with Crippen molar-refractivity contribution in [2.45, 2.75) is 64.3 Å². The lowest BCUT2D eigenvalue weighted by molar-refractivity contribution is 0.197. The van der Waals surface area contributed by atoms with Gasteiger partial charge >= 0.3 is 0 Å². The lowest BCUT2D eigenvalue weighted by Crippen LogP contribution is -2.39. The molecule has 3 unspecified atom stereocenters. The van der Waals surface area contributed by atoms with Gasteiger partial charge in [-0.3, -0.25) is 0 Å². The van der Waals surface area contributed by atoms with Crippen molar-refractivity contribution in [2.75, 3.05) is 0 Å². The fourth-order valence-electron chi connectivity index (χ4n) is 4.44. The van der Waals surface area contributed by atoms with Crippen molar-refractivity contribution >= 4 is 0 Å². The second kappa shape index (κ2) is 4.33. The highest BCUT2D eigenvalue weighted by atomic mass is 14.7. The quantitative estimate of drug-likeness (QED) is 0.774. The van der Waals surface area contributed by atoms with Crippen LogP contribution >= 0.6 is 0 Å². The molecule has 0 spiro atoms. The Kier molecular flexibility index (Phi) is 2.99. The number of nitrogens with two attached hydrogens (primary N) is 1. The molecule has 0 aromatic carbocycles. The predicted octanol–water partition coefficient (Wildman–Crippen LogP) is 3.58. The molecule has 16 heavy (non-hydrogen) atoms. The number of hydrogen-bond donors (Lipinski definition) is 1. The maximum Gasteiger partial charge on any atom is 0.00958 e. The summed E-state index contributed by atoms with van der Waals surface area (Å²) >= 11 is 0. The molecule has 0 bridgehead atoms. The van der Waals surface area contributed by atoms with Crippen LogP contribution < -0.4 is 5.73 Å². The molecule has 92 valence electrons. The SMILES string of the molecule is CCC1CCC(C(N)C2CC3CC3C2)CC1. The van der Waals surface area contributed by atoms with E-state index < -0.39 is 0 Å². The van der Waals surface area contributed by atoms with Gasteiger partial charge in [-0.1, -0.05) is 26.2 Å². The molecule has 3 saturated carbocycles. The smallest absolute Gasteiger partial charge is 0.00958 e. The lowest BCUT2D eigenvalue weighted by Gasteiger charge is -2.35. The maximum absolute atomic E-state index is 6.52. The summed E-state index contributed by atoms with van der Waals surface area (Å²) in [6.07, 6.45) is 11.6. The second-order valence-electron chi connectivity index (χ2n) is 6.75. The molecule has 3 aliphatic carbocycles. The summed E-state index contributed by atoms with van der Waals surface area (Å²) in [5.41, 5.74) is 6.52. The highest BCUT2D eigenvalue weighted by Gasteiger charge is 2.48. The highest BCUT2D eigenvalue weighted by molar-refractivity contribution is 5.00. The van der Waals surface area contributed by atoms with E-state index in [0.29, 0.717) is 6.04 Å². The second-order valence-corrected chi connectivity index (χ2v) is 6.75. The molecule has 3 fully saturated rings. The van der Waals surface area contributed by atoms with Crippen LogP contribution in [0.4, 0.5) is 0 Å². The van der Waals surface area contributed by atoms with Crippen LogP contribution in [0.3, 0.4) is 0 Å². The number of fused-ring (bicyclic) bond motifs is 1. The zero-order valence-electron chi connectivity index (χ0n) is 10.7. The van der Waals surface area contributed by atoms with Crippen LogP contribution in [0, 0.1) is 29.6 Å². The molecule has 0 aromatic rings. The molecule has 0 saturated heterocycles. The van der Waals surface area contributed by atoms with Crippen molar-refractivity contribution in [3.8, 4) is 0 Å². The molecule has 1 nitrogen and oxygen atoms in total. The Labute approximate surface area is 100 Å². The van der Waals surface area contributed by atoms with E-state index in [4.69, 9.17) is 5.73 Å². The van der Waals surface area contributed by atoms with Crippen LogP contribution in [0.1, 0.15) is 58.3 Å². The number of rotatable bonds is 3. The van der Waals surface area contributed by atoms with Crippen LogP contribution in [0.15, 0.2) is 0 Å². The van der Waals surface area contributed by atoms with Gasteiger partial charge in [-0.15, -0.1) is 0 Å². The van der Waals surface area contributed by atoms with Crippen molar-refractivity contribution in [3.63, 3.8) is 0 Å². The Balaban J connectivity index is 1.49. The van der Waals surface area contributed by atoms with Crippen molar-refractivity contribution in [2.24, 2.45) is 35.3 Å². The predicted molar refractivity (Wildman–Crippen MR) is 68.0 cm³/mol. The summed E-state index contributed by atoms with van der Waals surface area (Å²) in [7, 11) is 0. The van der Waals surface area contributed by atoms with Crippen LogP contribution in [-0.2, 0) is 0 Å². The zero-order valence-corrected chi connectivity index (χ0v) is 10.7. The first-order valence-corrected chi connectivity index (χ1v) is 7.53. The van der Waals surface area contributed by atoms with Crippen LogP contribution in [0.5, 0.6) is 0 Å². The van der Waals surface area contributed by atoms with Gasteiger partial charge in [0.1, 0.15) is 0 Å². The Bertz CT molecular complexity index is 232. The largest absolute Gasteiger partial charge is 0.327 e. The highest BCUT2D eigenvalue weighted by Crippen LogP contribution is 2.56. The minimum absolute atomic E-state index is 0.547. The van der Waals surface area contributed by atoms with Gasteiger partial charge in [-0.2, -0.15) is 0 Å². The van der Waals surface area contributed by atoms with Gasteiger partial charge in [-0.05, 0) is 61.7 Å². The van der Waals surface area contributed by atoms with Gasteiger partial charge in [0.15, 0.2) is 0 Å². The van der Waals surface area contributed by atoms with E-state index in [9.17, 15) is 0 Å². The maximum atomic E-state index is 6.52. The molecule has 2 N–H and O–H groups in total. The summed E-state index contributed by atoms with van der Waals surface area (Å²) in [5, 5.41) is 0. The van der Waals surface area contributed by atoms with Crippen LogP contribution in [0.25, 0.3) is 0 Å². The Morgan fingerprint density at radius 1 is 0.938 bits per heavy atom. The molecule has 0 heterocycles. The summed E-state index contributed by atoms with van der Waals surface area (Å²) in [6.45, 7) is 2.34. The van der Waals surface area contributed by atoms with Crippen molar-refractivity contribution in [3.05, 3.63) is 0 Å². The minimum Gasteiger partial charge on any atom is -0.327 e. The molecule has 3 atom stereocenters. The Morgan fingerprint density at radius 3 is 2.12 bits per heavy atom. The summed E-state index contributed by atoms with van der Waals surface area (Å²) in [4.78, 5) is 0. The Morgan fingerprint density at radius 2 is 1.56 bits per heavy atom. The summed E-state index contributed by atoms with van der Waals surface area (Å²) in [6, 6.07) is 0.547. The molecule has 0 aromatic heterocycles. The fraction of sp³-hybridized carbons (Fsp3) is 1.00. The van der Waals surface area contributed by atoms with E-state index >= 15 is 0 Å². The van der Waals surface area contributed by atoms with E-state index in [-0.39, 0.29) is 0 Å². The molecular formula is C15H27N. The fourth-order valence-corrected chi connectivity index (χ4v) is 4.44. The van der Waals surface area contributed by atoms with Gasteiger partial charge in [-0.25, -0.2) is 0 Å².